The van der Waals surface area contributed by atoms with Gasteiger partial charge >= 0.3 is 5.69 Å². The molecule has 0 saturated carbocycles. The number of ether oxygens (including phenoxy) is 1. The number of halogens is 1. The Kier molecular flexibility index (Phi) is 4.18. The molecule has 2 N–H and O–H groups in total. The van der Waals surface area contributed by atoms with Gasteiger partial charge in [-0.2, -0.15) is 0 Å². The Hall–Kier alpha value is -2.47. The lowest BCUT2D eigenvalue weighted by molar-refractivity contribution is -0.385. The number of nitro groups is 1. The Morgan fingerprint density at radius 3 is 2.57 bits per heavy atom. The third kappa shape index (κ3) is 3.00. The zero-order valence-corrected chi connectivity index (χ0v) is 11.7. The van der Waals surface area contributed by atoms with Crippen molar-refractivity contribution in [2.75, 3.05) is 0 Å². The summed E-state index contributed by atoms with van der Waals surface area (Å²) < 4.78 is 19.5. The molecule has 0 aliphatic rings. The van der Waals surface area contributed by atoms with Gasteiger partial charge in [0, 0.05) is 17.7 Å². The van der Waals surface area contributed by atoms with Crippen molar-refractivity contribution in [1.82, 2.24) is 0 Å². The van der Waals surface area contributed by atoms with Gasteiger partial charge in [-0.15, -0.1) is 0 Å². The zero-order valence-electron chi connectivity index (χ0n) is 11.7. The minimum atomic E-state index is -0.593. The van der Waals surface area contributed by atoms with Gasteiger partial charge < -0.3 is 10.5 Å². The van der Waals surface area contributed by atoms with E-state index in [1.54, 1.807) is 26.0 Å². The quantitative estimate of drug-likeness (QED) is 0.685. The molecule has 0 fully saturated rings. The summed E-state index contributed by atoms with van der Waals surface area (Å²) in [4.78, 5) is 10.5. The van der Waals surface area contributed by atoms with Gasteiger partial charge in [-0.25, -0.2) is 4.39 Å². The highest BCUT2D eigenvalue weighted by atomic mass is 19.1. The molecule has 21 heavy (non-hydrogen) atoms. The predicted molar refractivity (Wildman–Crippen MR) is 76.9 cm³/mol. The van der Waals surface area contributed by atoms with Crippen LogP contribution in [0.2, 0.25) is 0 Å². The monoisotopic (exact) mass is 290 g/mol. The van der Waals surface area contributed by atoms with Gasteiger partial charge in [0.2, 0.25) is 5.75 Å². The summed E-state index contributed by atoms with van der Waals surface area (Å²) in [7, 11) is 0. The van der Waals surface area contributed by atoms with Gasteiger partial charge in [0.15, 0.2) is 0 Å². The van der Waals surface area contributed by atoms with Crippen molar-refractivity contribution in [3.05, 3.63) is 63.5 Å². The number of rotatable bonds is 4. The van der Waals surface area contributed by atoms with Gasteiger partial charge in [-0.05, 0) is 31.5 Å². The normalized spacial score (nSPS) is 12.0. The van der Waals surface area contributed by atoms with E-state index in [-0.39, 0.29) is 22.7 Å². The molecule has 2 aromatic carbocycles. The maximum atomic E-state index is 13.9. The fourth-order valence-corrected chi connectivity index (χ4v) is 2.07. The molecule has 0 radical (unpaired) electrons. The van der Waals surface area contributed by atoms with E-state index in [0.29, 0.717) is 5.56 Å². The number of nitrogens with two attached hydrogens (primary N) is 1. The summed E-state index contributed by atoms with van der Waals surface area (Å²) in [5.41, 5.74) is 6.36. The maximum Gasteiger partial charge on any atom is 0.311 e. The fraction of sp³-hybridized carbons (Fsp3) is 0.200. The SMILES string of the molecule is Cc1cccc([N+](=O)[O-])c1Oc1cccc(F)c1[C@H](C)N. The van der Waals surface area contributed by atoms with Crippen molar-refractivity contribution in [1.29, 1.82) is 0 Å². The van der Waals surface area contributed by atoms with Gasteiger partial charge in [0.05, 0.1) is 4.92 Å². The van der Waals surface area contributed by atoms with Crippen LogP contribution in [0, 0.1) is 22.9 Å². The lowest BCUT2D eigenvalue weighted by Crippen LogP contribution is -2.09. The van der Waals surface area contributed by atoms with Crippen LogP contribution in [-0.4, -0.2) is 4.92 Å². The van der Waals surface area contributed by atoms with Crippen LogP contribution in [-0.2, 0) is 0 Å². The fourth-order valence-electron chi connectivity index (χ4n) is 2.07. The smallest absolute Gasteiger partial charge is 0.311 e. The third-order valence-corrected chi connectivity index (χ3v) is 3.07. The summed E-state index contributed by atoms with van der Waals surface area (Å²) in [6.07, 6.45) is 0. The second-order valence-corrected chi connectivity index (χ2v) is 4.72. The van der Waals surface area contributed by atoms with Gasteiger partial charge in [-0.1, -0.05) is 18.2 Å². The van der Waals surface area contributed by atoms with E-state index < -0.39 is 16.8 Å². The molecule has 0 saturated heterocycles. The van der Waals surface area contributed by atoms with Crippen molar-refractivity contribution in [2.24, 2.45) is 5.73 Å². The van der Waals surface area contributed by atoms with Crippen LogP contribution in [0.25, 0.3) is 0 Å². The molecule has 110 valence electrons. The number of benzene rings is 2. The summed E-state index contributed by atoms with van der Waals surface area (Å²) in [6, 6.07) is 8.29. The minimum Gasteiger partial charge on any atom is -0.449 e. The first-order valence-electron chi connectivity index (χ1n) is 6.37. The number of nitro benzene ring substituents is 1. The Labute approximate surface area is 121 Å². The molecular weight excluding hydrogens is 275 g/mol. The van der Waals surface area contributed by atoms with Crippen LogP contribution < -0.4 is 10.5 Å². The number of aryl methyl sites for hydroxylation is 1. The molecule has 0 aliphatic carbocycles. The van der Waals surface area contributed by atoms with Crippen molar-refractivity contribution in [3.8, 4) is 11.5 Å². The van der Waals surface area contributed by atoms with Crippen LogP contribution in [0.1, 0.15) is 24.1 Å². The lowest BCUT2D eigenvalue weighted by Gasteiger charge is -2.15. The predicted octanol–water partition coefficient (Wildman–Crippen LogP) is 3.85. The van der Waals surface area contributed by atoms with E-state index in [4.69, 9.17) is 10.5 Å². The summed E-state index contributed by atoms with van der Waals surface area (Å²) >= 11 is 0. The van der Waals surface area contributed by atoms with E-state index in [1.807, 2.05) is 0 Å². The first-order valence-corrected chi connectivity index (χ1v) is 6.37. The van der Waals surface area contributed by atoms with Crippen molar-refractivity contribution < 1.29 is 14.1 Å². The largest absolute Gasteiger partial charge is 0.449 e. The van der Waals surface area contributed by atoms with Gasteiger partial charge in [0.25, 0.3) is 0 Å². The molecule has 0 unspecified atom stereocenters. The molecule has 0 aliphatic heterocycles. The minimum absolute atomic E-state index is 0.0926. The van der Waals surface area contributed by atoms with Crippen LogP contribution in [0.4, 0.5) is 10.1 Å². The van der Waals surface area contributed by atoms with Gasteiger partial charge in [-0.3, -0.25) is 10.1 Å². The average Bonchev–Trinajstić information content (AvgIpc) is 2.40. The second-order valence-electron chi connectivity index (χ2n) is 4.72. The van der Waals surface area contributed by atoms with Crippen LogP contribution in [0.15, 0.2) is 36.4 Å². The van der Waals surface area contributed by atoms with Crippen molar-refractivity contribution >= 4 is 5.69 Å². The molecule has 5 nitrogen and oxygen atoms in total. The van der Waals surface area contributed by atoms with Crippen LogP contribution >= 0.6 is 0 Å². The number of nitrogens with zero attached hydrogens (tertiary/aromatic N) is 1. The van der Waals surface area contributed by atoms with Crippen LogP contribution in [0.5, 0.6) is 11.5 Å². The third-order valence-electron chi connectivity index (χ3n) is 3.07. The number of hydrogen-bond donors (Lipinski definition) is 1. The summed E-state index contributed by atoms with van der Waals surface area (Å²) in [5, 5.41) is 11.1. The first-order chi connectivity index (χ1) is 9.91. The van der Waals surface area contributed by atoms with E-state index in [9.17, 15) is 14.5 Å². The molecule has 6 heteroatoms. The van der Waals surface area contributed by atoms with Crippen molar-refractivity contribution in [2.45, 2.75) is 19.9 Å². The highest BCUT2D eigenvalue weighted by molar-refractivity contribution is 5.54. The standard InChI is InChI=1S/C15H15FN2O3/c1-9-5-3-7-12(18(19)20)15(9)21-13-8-4-6-11(16)14(13)10(2)17/h3-8,10H,17H2,1-2H3/t10-/m0/s1. The van der Waals surface area contributed by atoms with E-state index in [0.717, 1.165) is 0 Å². The summed E-state index contributed by atoms with van der Waals surface area (Å²) in [6.45, 7) is 3.31. The Morgan fingerprint density at radius 2 is 1.95 bits per heavy atom. The Bertz CT molecular complexity index is 687. The lowest BCUT2D eigenvalue weighted by atomic mass is 10.1. The first kappa shape index (κ1) is 14.9. The molecule has 0 heterocycles. The molecule has 0 spiro atoms. The molecule has 0 amide bonds. The molecule has 2 rings (SSSR count). The van der Waals surface area contributed by atoms with Crippen LogP contribution in [0.3, 0.4) is 0 Å². The molecule has 2 aromatic rings. The Morgan fingerprint density at radius 1 is 1.29 bits per heavy atom. The van der Waals surface area contributed by atoms with E-state index >= 15 is 0 Å². The Balaban J connectivity index is 2.54. The molecule has 0 aromatic heterocycles. The summed E-state index contributed by atoms with van der Waals surface area (Å²) in [5.74, 6) is -0.226. The highest BCUT2D eigenvalue weighted by Crippen LogP contribution is 2.37. The molecular formula is C15H15FN2O3. The van der Waals surface area contributed by atoms with E-state index in [2.05, 4.69) is 0 Å². The highest BCUT2D eigenvalue weighted by Gasteiger charge is 2.21. The average molecular weight is 290 g/mol. The van der Waals surface area contributed by atoms with E-state index in [1.165, 1.54) is 24.3 Å². The number of para-hydroxylation sites is 1. The second kappa shape index (κ2) is 5.88. The van der Waals surface area contributed by atoms with Crippen molar-refractivity contribution in [3.63, 3.8) is 0 Å². The maximum absolute atomic E-state index is 13.9. The number of hydrogen-bond acceptors (Lipinski definition) is 4. The molecule has 1 atom stereocenters. The molecule has 0 bridgehead atoms. The van der Waals surface area contributed by atoms with Gasteiger partial charge in [0.1, 0.15) is 11.6 Å². The zero-order chi connectivity index (χ0) is 15.6. The topological polar surface area (TPSA) is 78.4 Å².